The molecule has 105 valence electrons. The van der Waals surface area contributed by atoms with E-state index in [2.05, 4.69) is 4.72 Å². The molecule has 1 aliphatic carbocycles. The van der Waals surface area contributed by atoms with Crippen molar-refractivity contribution in [1.29, 1.82) is 0 Å². The molecule has 3 unspecified atom stereocenters. The number of nitrogens with one attached hydrogen (secondary N) is 1. The molecule has 0 heterocycles. The van der Waals surface area contributed by atoms with Crippen LogP contribution < -0.4 is 4.72 Å². The van der Waals surface area contributed by atoms with Crippen LogP contribution in [0.1, 0.15) is 13.3 Å². The van der Waals surface area contributed by atoms with Gasteiger partial charge in [0.1, 0.15) is 0 Å². The third-order valence-corrected chi connectivity index (χ3v) is 5.03. The van der Waals surface area contributed by atoms with E-state index in [0.717, 1.165) is 5.92 Å². The maximum atomic E-state index is 12.0. The number of rotatable bonds is 4. The van der Waals surface area contributed by atoms with E-state index in [9.17, 15) is 18.6 Å². The zero-order valence-electron chi connectivity index (χ0n) is 10.7. The topological polar surface area (TPSA) is 86.6 Å². The van der Waals surface area contributed by atoms with Crippen LogP contribution in [-0.4, -0.2) is 37.4 Å². The summed E-state index contributed by atoms with van der Waals surface area (Å²) in [6.07, 6.45) is -1.08. The van der Waals surface area contributed by atoms with Gasteiger partial charge < -0.3 is 10.2 Å². The van der Waals surface area contributed by atoms with E-state index in [1.807, 2.05) is 0 Å². The molecular weight excluding hydrogens is 266 g/mol. The van der Waals surface area contributed by atoms with E-state index in [0.29, 0.717) is 0 Å². The van der Waals surface area contributed by atoms with Gasteiger partial charge in [-0.2, -0.15) is 0 Å². The lowest BCUT2D eigenvalue weighted by Crippen LogP contribution is -2.34. The molecule has 1 aromatic carbocycles. The first-order chi connectivity index (χ1) is 8.92. The van der Waals surface area contributed by atoms with Crippen LogP contribution in [0.3, 0.4) is 0 Å². The van der Waals surface area contributed by atoms with Crippen molar-refractivity contribution in [1.82, 2.24) is 4.72 Å². The molecule has 1 aromatic rings. The summed E-state index contributed by atoms with van der Waals surface area (Å²) in [5.74, 6) is 0.386. The zero-order valence-corrected chi connectivity index (χ0v) is 11.5. The van der Waals surface area contributed by atoms with E-state index in [1.54, 1.807) is 25.1 Å². The summed E-state index contributed by atoms with van der Waals surface area (Å²) in [4.78, 5) is 0.195. The van der Waals surface area contributed by atoms with Crippen molar-refractivity contribution >= 4 is 10.0 Å². The third kappa shape index (κ3) is 3.14. The lowest BCUT2D eigenvalue weighted by molar-refractivity contribution is 0.121. The van der Waals surface area contributed by atoms with Crippen molar-refractivity contribution in [2.24, 2.45) is 5.92 Å². The van der Waals surface area contributed by atoms with Gasteiger partial charge in [0.25, 0.3) is 0 Å². The smallest absolute Gasteiger partial charge is 0.240 e. The van der Waals surface area contributed by atoms with Crippen LogP contribution in [-0.2, 0) is 10.0 Å². The fraction of sp³-hybridized carbons (Fsp3) is 0.462. The lowest BCUT2D eigenvalue weighted by atomic mass is 9.96. The molecule has 1 aliphatic rings. The first kappa shape index (κ1) is 14.5. The molecule has 1 radical (unpaired) electrons. The molecule has 0 saturated heterocycles. The summed E-state index contributed by atoms with van der Waals surface area (Å²) < 4.78 is 26.5. The molecular formula is C13H18NO4S. The Labute approximate surface area is 113 Å². The number of hydrogen-bond donors (Lipinski definition) is 3. The van der Waals surface area contributed by atoms with Gasteiger partial charge in [0, 0.05) is 24.8 Å². The second-order valence-electron chi connectivity index (χ2n) is 4.83. The number of aliphatic hydroxyl groups excluding tert-OH is 2. The minimum atomic E-state index is -3.57. The third-order valence-electron chi connectivity index (χ3n) is 3.59. The molecule has 0 aromatic heterocycles. The Morgan fingerprint density at radius 3 is 2.42 bits per heavy atom. The molecule has 1 fully saturated rings. The van der Waals surface area contributed by atoms with Crippen molar-refractivity contribution in [3.05, 3.63) is 36.2 Å². The number of benzene rings is 1. The first-order valence-corrected chi connectivity index (χ1v) is 7.64. The molecule has 19 heavy (non-hydrogen) atoms. The summed E-state index contributed by atoms with van der Waals surface area (Å²) in [7, 11) is -3.57. The van der Waals surface area contributed by atoms with Gasteiger partial charge >= 0.3 is 0 Å². The van der Waals surface area contributed by atoms with Crippen LogP contribution in [0, 0.1) is 11.8 Å². The summed E-state index contributed by atoms with van der Waals surface area (Å²) >= 11 is 0. The highest BCUT2D eigenvalue weighted by Gasteiger charge is 2.39. The molecule has 0 spiro atoms. The number of sulfonamides is 1. The standard InChI is InChI=1S/C13H18NO4S/c1-9-11(13(16)7-12(9)15)8-14-19(17,18)10-5-3-2-4-6-10/h2-6,11-16H,7-8H2,1H3. The van der Waals surface area contributed by atoms with E-state index < -0.39 is 22.2 Å². The summed E-state index contributed by atoms with van der Waals surface area (Å²) in [5, 5.41) is 19.4. The van der Waals surface area contributed by atoms with Gasteiger partial charge in [-0.25, -0.2) is 13.1 Å². The van der Waals surface area contributed by atoms with Crippen molar-refractivity contribution in [2.45, 2.75) is 30.4 Å². The van der Waals surface area contributed by atoms with Crippen LogP contribution in [0.5, 0.6) is 0 Å². The quantitative estimate of drug-likeness (QED) is 0.742. The summed E-state index contributed by atoms with van der Waals surface area (Å²) in [5.41, 5.74) is 0. The largest absolute Gasteiger partial charge is 0.393 e. The van der Waals surface area contributed by atoms with Crippen LogP contribution in [0.25, 0.3) is 0 Å². The fourth-order valence-electron chi connectivity index (χ4n) is 2.31. The Bertz CT molecular complexity index is 517. The van der Waals surface area contributed by atoms with Crippen molar-refractivity contribution in [2.75, 3.05) is 6.54 Å². The lowest BCUT2D eigenvalue weighted by Gasteiger charge is -2.19. The molecule has 1 saturated carbocycles. The summed E-state index contributed by atoms with van der Waals surface area (Å²) in [6, 6.07) is 8.08. The van der Waals surface area contributed by atoms with Gasteiger partial charge in [-0.05, 0) is 12.1 Å². The highest BCUT2D eigenvalue weighted by atomic mass is 32.2. The highest BCUT2D eigenvalue weighted by Crippen LogP contribution is 2.33. The van der Waals surface area contributed by atoms with Crippen LogP contribution in [0.15, 0.2) is 35.2 Å². The first-order valence-electron chi connectivity index (χ1n) is 6.16. The van der Waals surface area contributed by atoms with Gasteiger partial charge in [-0.15, -0.1) is 0 Å². The molecule has 3 N–H and O–H groups in total. The van der Waals surface area contributed by atoms with E-state index in [4.69, 9.17) is 0 Å². The van der Waals surface area contributed by atoms with Crippen LogP contribution in [0.2, 0.25) is 0 Å². The van der Waals surface area contributed by atoms with E-state index in [-0.39, 0.29) is 23.8 Å². The molecule has 0 aliphatic heterocycles. The average Bonchev–Trinajstić information content (AvgIpc) is 2.62. The minimum Gasteiger partial charge on any atom is -0.393 e. The number of hydrogen-bond acceptors (Lipinski definition) is 4. The van der Waals surface area contributed by atoms with Crippen molar-refractivity contribution in [3.63, 3.8) is 0 Å². The molecule has 0 bridgehead atoms. The Kier molecular flexibility index (Phi) is 4.25. The normalized spacial score (nSPS) is 28.7. The maximum Gasteiger partial charge on any atom is 0.240 e. The van der Waals surface area contributed by atoms with Gasteiger partial charge in [-0.1, -0.05) is 25.1 Å². The average molecular weight is 284 g/mol. The predicted molar refractivity (Wildman–Crippen MR) is 70.7 cm³/mol. The SMILES string of the molecule is C[C]1C(O)CC(O)C1CNS(=O)(=O)c1ccccc1. The fourth-order valence-corrected chi connectivity index (χ4v) is 3.39. The van der Waals surface area contributed by atoms with Gasteiger partial charge in [-0.3, -0.25) is 0 Å². The van der Waals surface area contributed by atoms with Crippen LogP contribution >= 0.6 is 0 Å². The predicted octanol–water partition coefficient (Wildman–Crippen LogP) is 0.301. The molecule has 2 rings (SSSR count). The van der Waals surface area contributed by atoms with Crippen molar-refractivity contribution < 1.29 is 18.6 Å². The zero-order chi connectivity index (χ0) is 14.0. The van der Waals surface area contributed by atoms with E-state index in [1.165, 1.54) is 12.1 Å². The Hall–Kier alpha value is -0.950. The number of aliphatic hydroxyl groups is 2. The Morgan fingerprint density at radius 1 is 1.26 bits per heavy atom. The molecule has 0 amide bonds. The molecule has 5 nitrogen and oxygen atoms in total. The maximum absolute atomic E-state index is 12.0. The van der Waals surface area contributed by atoms with Gasteiger partial charge in [0.05, 0.1) is 17.1 Å². The second-order valence-corrected chi connectivity index (χ2v) is 6.60. The summed E-state index contributed by atoms with van der Waals surface area (Å²) in [6.45, 7) is 1.84. The van der Waals surface area contributed by atoms with Gasteiger partial charge in [0.2, 0.25) is 10.0 Å². The van der Waals surface area contributed by atoms with Crippen LogP contribution in [0.4, 0.5) is 0 Å². The van der Waals surface area contributed by atoms with E-state index >= 15 is 0 Å². The monoisotopic (exact) mass is 284 g/mol. The Balaban J connectivity index is 2.03. The second kappa shape index (κ2) is 5.58. The van der Waals surface area contributed by atoms with Gasteiger partial charge in [0.15, 0.2) is 0 Å². The van der Waals surface area contributed by atoms with Crippen molar-refractivity contribution in [3.8, 4) is 0 Å². The Morgan fingerprint density at radius 2 is 1.89 bits per heavy atom. The minimum absolute atomic E-state index is 0.0985. The highest BCUT2D eigenvalue weighted by molar-refractivity contribution is 7.89. The molecule has 6 heteroatoms. The molecule has 3 atom stereocenters.